The van der Waals surface area contributed by atoms with Crippen molar-refractivity contribution < 1.29 is 9.59 Å². The maximum absolute atomic E-state index is 12.8. The lowest BCUT2D eigenvalue weighted by atomic mass is 9.96. The minimum Gasteiger partial charge on any atom is -0.342 e. The van der Waals surface area contributed by atoms with Crippen LogP contribution in [0.3, 0.4) is 0 Å². The van der Waals surface area contributed by atoms with E-state index in [1.807, 2.05) is 54.8 Å². The molecule has 0 saturated carbocycles. The molecule has 3 aromatic rings. The van der Waals surface area contributed by atoms with Crippen molar-refractivity contribution in [2.75, 3.05) is 25.0 Å². The Morgan fingerprint density at radius 1 is 1.12 bits per heavy atom. The molecule has 7 nitrogen and oxygen atoms in total. The summed E-state index contributed by atoms with van der Waals surface area (Å²) in [6.45, 7) is 3.69. The molecule has 1 saturated heterocycles. The predicted molar refractivity (Wildman–Crippen MR) is 125 cm³/mol. The van der Waals surface area contributed by atoms with Gasteiger partial charge in [-0.1, -0.05) is 36.4 Å². The number of pyridine rings is 1. The Hall–Kier alpha value is -3.10. The fourth-order valence-corrected chi connectivity index (χ4v) is 4.56. The molecule has 1 aliphatic rings. The van der Waals surface area contributed by atoms with E-state index in [1.54, 1.807) is 12.4 Å². The van der Waals surface area contributed by atoms with Gasteiger partial charge in [0.05, 0.1) is 6.54 Å². The second kappa shape index (κ2) is 10.5. The van der Waals surface area contributed by atoms with Gasteiger partial charge in [-0.2, -0.15) is 0 Å². The van der Waals surface area contributed by atoms with Gasteiger partial charge in [0, 0.05) is 23.7 Å². The molecular formula is C24H27N5O2S. The van der Waals surface area contributed by atoms with E-state index < -0.39 is 0 Å². The fraction of sp³-hybridized carbons (Fsp3) is 0.333. The molecule has 1 fully saturated rings. The van der Waals surface area contributed by atoms with Gasteiger partial charge >= 0.3 is 0 Å². The average molecular weight is 450 g/mol. The molecule has 0 spiro atoms. The summed E-state index contributed by atoms with van der Waals surface area (Å²) in [5.41, 5.74) is 2.06. The van der Waals surface area contributed by atoms with Gasteiger partial charge in [0.25, 0.3) is 0 Å². The van der Waals surface area contributed by atoms with Crippen LogP contribution in [0, 0.1) is 12.8 Å². The second-order valence-electron chi connectivity index (χ2n) is 8.04. The van der Waals surface area contributed by atoms with E-state index in [0.717, 1.165) is 29.0 Å². The normalized spacial score (nSPS) is 15.8. The van der Waals surface area contributed by atoms with Crippen molar-refractivity contribution in [2.45, 2.75) is 25.8 Å². The summed E-state index contributed by atoms with van der Waals surface area (Å²) in [6, 6.07) is 13.4. The lowest BCUT2D eigenvalue weighted by molar-refractivity contribution is -0.123. The van der Waals surface area contributed by atoms with Gasteiger partial charge in [-0.3, -0.25) is 14.5 Å². The molecule has 3 heterocycles. The van der Waals surface area contributed by atoms with E-state index >= 15 is 0 Å². The Morgan fingerprint density at radius 2 is 1.91 bits per heavy atom. The number of amides is 2. The first-order chi connectivity index (χ1) is 15.6. The third kappa shape index (κ3) is 5.77. The van der Waals surface area contributed by atoms with Gasteiger partial charge in [-0.25, -0.2) is 9.97 Å². The van der Waals surface area contributed by atoms with Crippen LogP contribution in [0.4, 0.5) is 5.82 Å². The third-order valence-electron chi connectivity index (χ3n) is 5.62. The summed E-state index contributed by atoms with van der Waals surface area (Å²) >= 11 is 1.53. The standard InChI is InChI=1S/C24H27N5O2S/c1-17-7-8-20(26-15-17)27-23(31)19-9-12-29(13-10-19)16-21(30)28-22(24-25-11-14-32-24)18-5-3-2-4-6-18/h2-8,11,14-15,19,22H,9-10,12-13,16H2,1H3,(H,28,30)(H,26,27,31). The van der Waals surface area contributed by atoms with Crippen molar-refractivity contribution in [2.24, 2.45) is 5.92 Å². The summed E-state index contributed by atoms with van der Waals surface area (Å²) in [5.74, 6) is 0.473. The smallest absolute Gasteiger partial charge is 0.235 e. The van der Waals surface area contributed by atoms with E-state index in [0.29, 0.717) is 25.5 Å². The SMILES string of the molecule is Cc1ccc(NC(=O)C2CCN(CC(=O)NC(c3ccccc3)c3nccs3)CC2)nc1. The fourth-order valence-electron chi connectivity index (χ4n) is 3.84. The number of rotatable bonds is 7. The van der Waals surface area contributed by atoms with Crippen molar-refractivity contribution in [3.8, 4) is 0 Å². The highest BCUT2D eigenvalue weighted by atomic mass is 32.1. The lowest BCUT2D eigenvalue weighted by Gasteiger charge is -2.31. The molecule has 8 heteroatoms. The molecule has 1 unspecified atom stereocenters. The molecule has 0 bridgehead atoms. The number of carbonyl (C=O) groups is 2. The number of aryl methyl sites for hydroxylation is 1. The molecule has 1 aliphatic heterocycles. The number of nitrogens with zero attached hydrogens (tertiary/aromatic N) is 3. The summed E-state index contributed by atoms with van der Waals surface area (Å²) in [4.78, 5) is 36.1. The zero-order valence-corrected chi connectivity index (χ0v) is 18.8. The Morgan fingerprint density at radius 3 is 2.56 bits per heavy atom. The third-order valence-corrected chi connectivity index (χ3v) is 6.47. The number of hydrogen-bond acceptors (Lipinski definition) is 6. The van der Waals surface area contributed by atoms with Crippen LogP contribution in [0.1, 0.15) is 35.0 Å². The Bertz CT molecular complexity index is 1020. The van der Waals surface area contributed by atoms with Crippen LogP contribution in [0.5, 0.6) is 0 Å². The number of thiazole rings is 1. The highest BCUT2D eigenvalue weighted by molar-refractivity contribution is 7.09. The van der Waals surface area contributed by atoms with Crippen molar-refractivity contribution in [1.82, 2.24) is 20.2 Å². The number of benzene rings is 1. The molecule has 1 aromatic carbocycles. The molecule has 166 valence electrons. The van der Waals surface area contributed by atoms with Crippen LogP contribution in [0.15, 0.2) is 60.2 Å². The number of carbonyl (C=O) groups excluding carboxylic acids is 2. The summed E-state index contributed by atoms with van der Waals surface area (Å²) in [6.07, 6.45) is 4.94. The zero-order chi connectivity index (χ0) is 22.3. The minimum absolute atomic E-state index is 0.00151. The molecular weight excluding hydrogens is 422 g/mol. The highest BCUT2D eigenvalue weighted by Gasteiger charge is 2.27. The Balaban J connectivity index is 1.28. The second-order valence-corrected chi connectivity index (χ2v) is 8.97. The van der Waals surface area contributed by atoms with Crippen molar-refractivity contribution in [3.05, 3.63) is 76.4 Å². The zero-order valence-electron chi connectivity index (χ0n) is 18.0. The van der Waals surface area contributed by atoms with Crippen molar-refractivity contribution in [3.63, 3.8) is 0 Å². The average Bonchev–Trinajstić information content (AvgIpc) is 3.35. The number of aromatic nitrogens is 2. The molecule has 2 amide bonds. The molecule has 2 N–H and O–H groups in total. The summed E-state index contributed by atoms with van der Waals surface area (Å²) in [5, 5.41) is 8.82. The number of nitrogens with one attached hydrogen (secondary N) is 2. The van der Waals surface area contributed by atoms with Gasteiger partial charge in [-0.05, 0) is 50.0 Å². The van der Waals surface area contributed by atoms with Crippen LogP contribution in [0.2, 0.25) is 0 Å². The van der Waals surface area contributed by atoms with Crippen molar-refractivity contribution in [1.29, 1.82) is 0 Å². The van der Waals surface area contributed by atoms with Gasteiger partial charge in [0.2, 0.25) is 11.8 Å². The number of anilines is 1. The number of piperidine rings is 1. The van der Waals surface area contributed by atoms with Gasteiger partial charge in [0.15, 0.2) is 0 Å². The maximum atomic E-state index is 12.8. The van der Waals surface area contributed by atoms with Gasteiger partial charge in [0.1, 0.15) is 16.9 Å². The summed E-state index contributed by atoms with van der Waals surface area (Å²) < 4.78 is 0. The monoisotopic (exact) mass is 449 g/mol. The largest absolute Gasteiger partial charge is 0.342 e. The minimum atomic E-state index is -0.256. The van der Waals surface area contributed by atoms with Crippen LogP contribution < -0.4 is 10.6 Å². The predicted octanol–water partition coefficient (Wildman–Crippen LogP) is 3.40. The van der Waals surface area contributed by atoms with Crippen LogP contribution in [0.25, 0.3) is 0 Å². The van der Waals surface area contributed by atoms with Crippen LogP contribution >= 0.6 is 11.3 Å². The van der Waals surface area contributed by atoms with E-state index in [9.17, 15) is 9.59 Å². The molecule has 4 rings (SSSR count). The van der Waals surface area contributed by atoms with E-state index in [4.69, 9.17) is 0 Å². The molecule has 0 radical (unpaired) electrons. The highest BCUT2D eigenvalue weighted by Crippen LogP contribution is 2.24. The first-order valence-electron chi connectivity index (χ1n) is 10.8. The quantitative estimate of drug-likeness (QED) is 0.577. The maximum Gasteiger partial charge on any atom is 0.235 e. The van der Waals surface area contributed by atoms with Crippen LogP contribution in [-0.2, 0) is 9.59 Å². The number of likely N-dealkylation sites (tertiary alicyclic amines) is 1. The number of hydrogen-bond donors (Lipinski definition) is 2. The lowest BCUT2D eigenvalue weighted by Crippen LogP contribution is -2.44. The van der Waals surface area contributed by atoms with Crippen LogP contribution in [-0.4, -0.2) is 46.3 Å². The topological polar surface area (TPSA) is 87.2 Å². The Kier molecular flexibility index (Phi) is 7.24. The Labute approximate surface area is 191 Å². The molecule has 32 heavy (non-hydrogen) atoms. The van der Waals surface area contributed by atoms with E-state index in [1.165, 1.54) is 11.3 Å². The first-order valence-corrected chi connectivity index (χ1v) is 11.7. The van der Waals surface area contributed by atoms with E-state index in [2.05, 4.69) is 25.5 Å². The molecule has 1 atom stereocenters. The first kappa shape index (κ1) is 22.1. The molecule has 2 aromatic heterocycles. The summed E-state index contributed by atoms with van der Waals surface area (Å²) in [7, 11) is 0. The van der Waals surface area contributed by atoms with Gasteiger partial charge in [-0.15, -0.1) is 11.3 Å². The van der Waals surface area contributed by atoms with Gasteiger partial charge < -0.3 is 10.6 Å². The van der Waals surface area contributed by atoms with Crippen molar-refractivity contribution >= 4 is 29.0 Å². The molecule has 0 aliphatic carbocycles. The van der Waals surface area contributed by atoms with E-state index in [-0.39, 0.29) is 23.8 Å².